The molecule has 2 rings (SSSR count). The first-order chi connectivity index (χ1) is 9.70. The van der Waals surface area contributed by atoms with Crippen LogP contribution in [0.1, 0.15) is 25.3 Å². The van der Waals surface area contributed by atoms with Crippen molar-refractivity contribution in [2.24, 2.45) is 11.7 Å². The molecule has 1 aromatic heterocycles. The molecule has 2 N–H and O–H groups in total. The highest BCUT2D eigenvalue weighted by molar-refractivity contribution is 7.07. The summed E-state index contributed by atoms with van der Waals surface area (Å²) >= 11 is 1.74. The van der Waals surface area contributed by atoms with Crippen LogP contribution in [0.2, 0.25) is 0 Å². The molecule has 0 saturated carbocycles. The third-order valence-electron chi connectivity index (χ3n) is 3.93. The SMILES string of the molecule is CC(CCCN)C(=O)N1CCN(Cc2ccsc2)CC1. The lowest BCUT2D eigenvalue weighted by Crippen LogP contribution is -2.49. The van der Waals surface area contributed by atoms with Crippen LogP contribution in [0.3, 0.4) is 0 Å². The van der Waals surface area contributed by atoms with E-state index in [4.69, 9.17) is 5.73 Å². The number of carbonyl (C=O) groups is 1. The zero-order valence-electron chi connectivity index (χ0n) is 12.3. The zero-order chi connectivity index (χ0) is 14.4. The van der Waals surface area contributed by atoms with Gasteiger partial charge in [0.1, 0.15) is 0 Å². The second-order valence-electron chi connectivity index (χ2n) is 5.56. The first-order valence-corrected chi connectivity index (χ1v) is 8.37. The van der Waals surface area contributed by atoms with E-state index in [1.54, 1.807) is 11.3 Å². The van der Waals surface area contributed by atoms with E-state index in [-0.39, 0.29) is 5.92 Å². The summed E-state index contributed by atoms with van der Waals surface area (Å²) < 4.78 is 0. The van der Waals surface area contributed by atoms with Gasteiger partial charge in [0.05, 0.1) is 0 Å². The van der Waals surface area contributed by atoms with E-state index in [1.807, 2.05) is 11.8 Å². The molecule has 112 valence electrons. The Bertz CT molecular complexity index is 399. The van der Waals surface area contributed by atoms with E-state index < -0.39 is 0 Å². The van der Waals surface area contributed by atoms with Crippen molar-refractivity contribution in [1.82, 2.24) is 9.80 Å². The Morgan fingerprint density at radius 1 is 1.40 bits per heavy atom. The van der Waals surface area contributed by atoms with Gasteiger partial charge in [-0.2, -0.15) is 11.3 Å². The van der Waals surface area contributed by atoms with Crippen molar-refractivity contribution in [3.8, 4) is 0 Å². The van der Waals surface area contributed by atoms with E-state index in [1.165, 1.54) is 5.56 Å². The Morgan fingerprint density at radius 2 is 2.15 bits per heavy atom. The van der Waals surface area contributed by atoms with Crippen LogP contribution >= 0.6 is 11.3 Å². The van der Waals surface area contributed by atoms with Gasteiger partial charge in [0.25, 0.3) is 0 Å². The fourth-order valence-corrected chi connectivity index (χ4v) is 3.29. The Hall–Kier alpha value is -0.910. The number of nitrogens with two attached hydrogens (primary N) is 1. The second kappa shape index (κ2) is 7.76. The van der Waals surface area contributed by atoms with Crippen molar-refractivity contribution in [2.75, 3.05) is 32.7 Å². The van der Waals surface area contributed by atoms with Gasteiger partial charge in [-0.1, -0.05) is 6.92 Å². The van der Waals surface area contributed by atoms with Crippen molar-refractivity contribution in [3.05, 3.63) is 22.4 Å². The molecule has 1 fully saturated rings. The standard InChI is InChI=1S/C15H25N3OS/c1-13(3-2-5-16)15(19)18-8-6-17(7-9-18)11-14-4-10-20-12-14/h4,10,12-13H,2-3,5-9,11,16H2,1H3. The minimum absolute atomic E-state index is 0.113. The molecule has 1 aromatic rings. The van der Waals surface area contributed by atoms with Gasteiger partial charge < -0.3 is 10.6 Å². The molecule has 0 bridgehead atoms. The predicted octanol–water partition coefficient (Wildman–Crippen LogP) is 1.77. The van der Waals surface area contributed by atoms with E-state index >= 15 is 0 Å². The minimum Gasteiger partial charge on any atom is -0.340 e. The lowest BCUT2D eigenvalue weighted by atomic mass is 10.0. The molecule has 1 atom stereocenters. The van der Waals surface area contributed by atoms with Crippen LogP contribution in [0.5, 0.6) is 0 Å². The molecule has 2 heterocycles. The molecule has 4 nitrogen and oxygen atoms in total. The van der Waals surface area contributed by atoms with E-state index in [9.17, 15) is 4.79 Å². The molecule has 1 aliphatic rings. The Labute approximate surface area is 125 Å². The summed E-state index contributed by atoms with van der Waals surface area (Å²) in [4.78, 5) is 16.7. The minimum atomic E-state index is 0.113. The summed E-state index contributed by atoms with van der Waals surface area (Å²) in [5.74, 6) is 0.413. The van der Waals surface area contributed by atoms with Crippen LogP contribution in [0, 0.1) is 5.92 Å². The molecule has 0 radical (unpaired) electrons. The molecule has 1 saturated heterocycles. The summed E-state index contributed by atoms with van der Waals surface area (Å²) in [6, 6.07) is 2.18. The summed E-state index contributed by atoms with van der Waals surface area (Å²) in [5.41, 5.74) is 6.89. The first-order valence-electron chi connectivity index (χ1n) is 7.43. The van der Waals surface area contributed by atoms with Gasteiger partial charge >= 0.3 is 0 Å². The van der Waals surface area contributed by atoms with E-state index in [0.717, 1.165) is 45.6 Å². The Balaban J connectivity index is 1.74. The third kappa shape index (κ3) is 4.30. The number of hydrogen-bond donors (Lipinski definition) is 1. The zero-order valence-corrected chi connectivity index (χ0v) is 13.1. The van der Waals surface area contributed by atoms with Crippen molar-refractivity contribution >= 4 is 17.2 Å². The lowest BCUT2D eigenvalue weighted by molar-refractivity contribution is -0.137. The third-order valence-corrected chi connectivity index (χ3v) is 4.67. The average molecular weight is 295 g/mol. The lowest BCUT2D eigenvalue weighted by Gasteiger charge is -2.35. The topological polar surface area (TPSA) is 49.6 Å². The van der Waals surface area contributed by atoms with Crippen LogP contribution in [0.15, 0.2) is 16.8 Å². The van der Waals surface area contributed by atoms with Crippen LogP contribution in [0.25, 0.3) is 0 Å². The van der Waals surface area contributed by atoms with E-state index in [0.29, 0.717) is 12.5 Å². The summed E-state index contributed by atoms with van der Waals surface area (Å²) in [7, 11) is 0. The monoisotopic (exact) mass is 295 g/mol. The van der Waals surface area contributed by atoms with Gasteiger partial charge in [-0.05, 0) is 41.8 Å². The first kappa shape index (κ1) is 15.5. The molecule has 0 spiro atoms. The number of carbonyl (C=O) groups excluding carboxylic acids is 1. The number of nitrogens with zero attached hydrogens (tertiary/aromatic N) is 2. The van der Waals surface area contributed by atoms with Crippen molar-refractivity contribution in [2.45, 2.75) is 26.3 Å². The molecule has 1 amide bonds. The van der Waals surface area contributed by atoms with Crippen LogP contribution in [-0.2, 0) is 11.3 Å². The maximum absolute atomic E-state index is 12.3. The molecule has 1 aliphatic heterocycles. The largest absolute Gasteiger partial charge is 0.340 e. The van der Waals surface area contributed by atoms with Crippen LogP contribution in [0.4, 0.5) is 0 Å². The fraction of sp³-hybridized carbons (Fsp3) is 0.667. The highest BCUT2D eigenvalue weighted by Gasteiger charge is 2.24. The van der Waals surface area contributed by atoms with Gasteiger partial charge in [0, 0.05) is 38.6 Å². The number of amides is 1. The summed E-state index contributed by atoms with van der Waals surface area (Å²) in [5, 5.41) is 4.32. The molecule has 1 unspecified atom stereocenters. The number of rotatable bonds is 6. The summed E-state index contributed by atoms with van der Waals surface area (Å²) in [6.07, 6.45) is 1.84. The van der Waals surface area contributed by atoms with Crippen molar-refractivity contribution < 1.29 is 4.79 Å². The number of thiophene rings is 1. The molecule has 5 heteroatoms. The average Bonchev–Trinajstić information content (AvgIpc) is 2.97. The Morgan fingerprint density at radius 3 is 2.75 bits per heavy atom. The summed E-state index contributed by atoms with van der Waals surface area (Å²) in [6.45, 7) is 7.37. The van der Waals surface area contributed by atoms with Crippen LogP contribution in [-0.4, -0.2) is 48.4 Å². The molecule has 0 aliphatic carbocycles. The molecular formula is C15H25N3OS. The second-order valence-corrected chi connectivity index (χ2v) is 6.35. The quantitative estimate of drug-likeness (QED) is 0.870. The molecule has 20 heavy (non-hydrogen) atoms. The maximum atomic E-state index is 12.3. The van der Waals surface area contributed by atoms with Gasteiger partial charge in [-0.25, -0.2) is 0 Å². The highest BCUT2D eigenvalue weighted by atomic mass is 32.1. The normalized spacial score (nSPS) is 18.2. The van der Waals surface area contributed by atoms with Gasteiger partial charge in [-0.3, -0.25) is 9.69 Å². The molecular weight excluding hydrogens is 270 g/mol. The number of piperazine rings is 1. The highest BCUT2D eigenvalue weighted by Crippen LogP contribution is 2.14. The predicted molar refractivity (Wildman–Crippen MR) is 83.6 cm³/mol. The maximum Gasteiger partial charge on any atom is 0.225 e. The fourth-order valence-electron chi connectivity index (χ4n) is 2.63. The number of hydrogen-bond acceptors (Lipinski definition) is 4. The van der Waals surface area contributed by atoms with Gasteiger partial charge in [0.2, 0.25) is 5.91 Å². The van der Waals surface area contributed by atoms with Crippen LogP contribution < -0.4 is 5.73 Å². The van der Waals surface area contributed by atoms with Crippen molar-refractivity contribution in [1.29, 1.82) is 0 Å². The Kier molecular flexibility index (Phi) is 6.01. The van der Waals surface area contributed by atoms with E-state index in [2.05, 4.69) is 21.7 Å². The molecule has 0 aromatic carbocycles. The van der Waals surface area contributed by atoms with Gasteiger partial charge in [-0.15, -0.1) is 0 Å². The smallest absolute Gasteiger partial charge is 0.225 e. The van der Waals surface area contributed by atoms with Gasteiger partial charge in [0.15, 0.2) is 0 Å². The van der Waals surface area contributed by atoms with Crippen molar-refractivity contribution in [3.63, 3.8) is 0 Å².